The Morgan fingerprint density at radius 2 is 1.86 bits per heavy atom. The molecule has 2 atom stereocenters. The summed E-state index contributed by atoms with van der Waals surface area (Å²) < 4.78 is 5.71. The van der Waals surface area contributed by atoms with Crippen molar-refractivity contribution < 1.29 is 9.84 Å². The lowest BCUT2D eigenvalue weighted by molar-refractivity contribution is 0.103. The van der Waals surface area contributed by atoms with Crippen LogP contribution in [0.5, 0.6) is 5.75 Å². The number of hydrogen-bond donors (Lipinski definition) is 2. The molecule has 0 bridgehead atoms. The number of aliphatic hydroxyl groups is 1. The van der Waals surface area contributed by atoms with Gasteiger partial charge in [0.05, 0.1) is 0 Å². The van der Waals surface area contributed by atoms with E-state index in [0.29, 0.717) is 19.1 Å². The van der Waals surface area contributed by atoms with E-state index in [4.69, 9.17) is 4.74 Å². The van der Waals surface area contributed by atoms with Crippen molar-refractivity contribution in [2.75, 3.05) is 19.7 Å². The fourth-order valence-corrected chi connectivity index (χ4v) is 1.88. The summed E-state index contributed by atoms with van der Waals surface area (Å²) in [7, 11) is 0. The summed E-state index contributed by atoms with van der Waals surface area (Å²) in [5.41, 5.74) is 2.55. The maximum Gasteiger partial charge on any atom is 0.122 e. The average molecular weight is 293 g/mol. The van der Waals surface area contributed by atoms with Crippen LogP contribution < -0.4 is 10.1 Å². The van der Waals surface area contributed by atoms with Crippen LogP contribution in [0.3, 0.4) is 0 Å². The molecule has 0 aliphatic carbocycles. The van der Waals surface area contributed by atoms with Gasteiger partial charge in [0.15, 0.2) is 0 Å². The van der Waals surface area contributed by atoms with Gasteiger partial charge in [-0.25, -0.2) is 0 Å². The van der Waals surface area contributed by atoms with Gasteiger partial charge in [-0.1, -0.05) is 39.8 Å². The first-order valence-electron chi connectivity index (χ1n) is 7.79. The first-order chi connectivity index (χ1) is 9.70. The molecule has 3 nitrogen and oxygen atoms in total. The number of aliphatic hydroxyl groups excluding tert-OH is 1. The van der Waals surface area contributed by atoms with E-state index in [1.54, 1.807) is 0 Å². The summed E-state index contributed by atoms with van der Waals surface area (Å²) in [6.45, 7) is 14.8. The van der Waals surface area contributed by atoms with E-state index in [0.717, 1.165) is 17.9 Å². The van der Waals surface area contributed by atoms with Crippen LogP contribution in [0.1, 0.15) is 38.8 Å². The Bertz CT molecular complexity index is 437. The summed E-state index contributed by atoms with van der Waals surface area (Å²) >= 11 is 0. The monoisotopic (exact) mass is 293 g/mol. The maximum atomic E-state index is 10.00. The van der Waals surface area contributed by atoms with Gasteiger partial charge in [0.2, 0.25) is 0 Å². The Morgan fingerprint density at radius 3 is 2.48 bits per heavy atom. The van der Waals surface area contributed by atoms with E-state index in [1.807, 2.05) is 26.0 Å². The molecule has 0 saturated heterocycles. The Balaban J connectivity index is 2.31. The second-order valence-electron chi connectivity index (χ2n) is 7.16. The first-order valence-corrected chi connectivity index (χ1v) is 7.79. The van der Waals surface area contributed by atoms with Crippen molar-refractivity contribution in [3.63, 3.8) is 0 Å². The van der Waals surface area contributed by atoms with Crippen molar-refractivity contribution in [2.24, 2.45) is 11.3 Å². The second kappa shape index (κ2) is 7.81. The summed E-state index contributed by atoms with van der Waals surface area (Å²) in [4.78, 5) is 0. The van der Waals surface area contributed by atoms with E-state index < -0.39 is 6.10 Å². The van der Waals surface area contributed by atoms with Crippen molar-refractivity contribution in [1.82, 2.24) is 5.32 Å². The number of aryl methyl sites for hydroxylation is 2. The number of hydrogen-bond acceptors (Lipinski definition) is 3. The SMILES string of the molecule is Cc1ccc(C)c(OCC(O)CNCC(C)C(C)(C)C)c1. The zero-order valence-electron chi connectivity index (χ0n) is 14.4. The maximum absolute atomic E-state index is 10.00. The number of ether oxygens (including phenoxy) is 1. The molecular weight excluding hydrogens is 262 g/mol. The Morgan fingerprint density at radius 1 is 1.19 bits per heavy atom. The van der Waals surface area contributed by atoms with Gasteiger partial charge >= 0.3 is 0 Å². The summed E-state index contributed by atoms with van der Waals surface area (Å²) in [5, 5.41) is 13.3. The number of rotatable bonds is 7. The minimum Gasteiger partial charge on any atom is -0.491 e. The first kappa shape index (κ1) is 18.0. The molecule has 0 spiro atoms. The van der Waals surface area contributed by atoms with Gasteiger partial charge in [0.25, 0.3) is 0 Å². The Labute approximate surface area is 129 Å². The van der Waals surface area contributed by atoms with E-state index >= 15 is 0 Å². The van der Waals surface area contributed by atoms with Crippen LogP contribution in [0, 0.1) is 25.2 Å². The molecule has 0 fully saturated rings. The van der Waals surface area contributed by atoms with Crippen LogP contribution in [-0.2, 0) is 0 Å². The molecule has 1 aromatic carbocycles. The molecule has 0 aliphatic heterocycles. The molecule has 0 heterocycles. The van der Waals surface area contributed by atoms with E-state index in [-0.39, 0.29) is 5.41 Å². The Hall–Kier alpha value is -1.06. The van der Waals surface area contributed by atoms with Gasteiger partial charge in [-0.15, -0.1) is 0 Å². The molecule has 1 rings (SSSR count). The molecule has 21 heavy (non-hydrogen) atoms. The van der Waals surface area contributed by atoms with Gasteiger partial charge in [0.1, 0.15) is 18.5 Å². The van der Waals surface area contributed by atoms with Gasteiger partial charge in [0, 0.05) is 6.54 Å². The van der Waals surface area contributed by atoms with Crippen molar-refractivity contribution >= 4 is 0 Å². The molecule has 0 amide bonds. The molecule has 120 valence electrons. The number of nitrogens with one attached hydrogen (secondary N) is 1. The zero-order valence-corrected chi connectivity index (χ0v) is 14.4. The predicted molar refractivity (Wildman–Crippen MR) is 88.9 cm³/mol. The van der Waals surface area contributed by atoms with Gasteiger partial charge in [-0.2, -0.15) is 0 Å². The highest BCUT2D eigenvalue weighted by Gasteiger charge is 2.19. The molecular formula is C18H31NO2. The lowest BCUT2D eigenvalue weighted by Crippen LogP contribution is -2.36. The van der Waals surface area contributed by atoms with E-state index in [1.165, 1.54) is 5.56 Å². The molecule has 2 unspecified atom stereocenters. The smallest absolute Gasteiger partial charge is 0.122 e. The van der Waals surface area contributed by atoms with Gasteiger partial charge < -0.3 is 15.2 Å². The molecule has 0 radical (unpaired) electrons. The average Bonchev–Trinajstić information content (AvgIpc) is 2.38. The normalized spacial score (nSPS) is 14.8. The molecule has 0 aliphatic rings. The number of benzene rings is 1. The third-order valence-corrected chi connectivity index (χ3v) is 4.08. The van der Waals surface area contributed by atoms with Crippen molar-refractivity contribution in [2.45, 2.75) is 47.6 Å². The lowest BCUT2D eigenvalue weighted by atomic mass is 9.82. The second-order valence-corrected chi connectivity index (χ2v) is 7.16. The highest BCUT2D eigenvalue weighted by Crippen LogP contribution is 2.24. The van der Waals surface area contributed by atoms with Crippen LogP contribution in [0.15, 0.2) is 18.2 Å². The summed E-state index contributed by atoms with van der Waals surface area (Å²) in [6.07, 6.45) is -0.489. The van der Waals surface area contributed by atoms with Crippen molar-refractivity contribution in [3.05, 3.63) is 29.3 Å². The van der Waals surface area contributed by atoms with Crippen molar-refractivity contribution in [1.29, 1.82) is 0 Å². The molecule has 0 saturated carbocycles. The highest BCUT2D eigenvalue weighted by atomic mass is 16.5. The minimum absolute atomic E-state index is 0.285. The quantitative estimate of drug-likeness (QED) is 0.810. The van der Waals surface area contributed by atoms with Crippen LogP contribution >= 0.6 is 0 Å². The third kappa shape index (κ3) is 6.49. The standard InChI is InChI=1S/C18H31NO2/c1-13-7-8-14(2)17(9-13)21-12-16(20)11-19-10-15(3)18(4,5)6/h7-9,15-16,19-20H,10-12H2,1-6H3. The van der Waals surface area contributed by atoms with E-state index in [9.17, 15) is 5.11 Å². The van der Waals surface area contributed by atoms with Gasteiger partial charge in [-0.3, -0.25) is 0 Å². The third-order valence-electron chi connectivity index (χ3n) is 4.08. The van der Waals surface area contributed by atoms with Crippen LogP contribution in [0.2, 0.25) is 0 Å². The molecule has 0 aromatic heterocycles. The summed E-state index contributed by atoms with van der Waals surface area (Å²) in [5.74, 6) is 1.42. The zero-order chi connectivity index (χ0) is 16.0. The topological polar surface area (TPSA) is 41.5 Å². The lowest BCUT2D eigenvalue weighted by Gasteiger charge is -2.27. The van der Waals surface area contributed by atoms with Gasteiger partial charge in [-0.05, 0) is 48.9 Å². The van der Waals surface area contributed by atoms with Crippen LogP contribution in [0.25, 0.3) is 0 Å². The molecule has 2 N–H and O–H groups in total. The minimum atomic E-state index is -0.489. The largest absolute Gasteiger partial charge is 0.491 e. The van der Waals surface area contributed by atoms with E-state index in [2.05, 4.69) is 39.1 Å². The molecule has 1 aromatic rings. The summed E-state index contributed by atoms with van der Waals surface area (Å²) in [6, 6.07) is 6.12. The fourth-order valence-electron chi connectivity index (χ4n) is 1.88. The molecule has 3 heteroatoms. The highest BCUT2D eigenvalue weighted by molar-refractivity contribution is 5.35. The predicted octanol–water partition coefficient (Wildman–Crippen LogP) is 3.31. The van der Waals surface area contributed by atoms with Crippen LogP contribution in [-0.4, -0.2) is 30.9 Å². The van der Waals surface area contributed by atoms with Crippen molar-refractivity contribution in [3.8, 4) is 5.75 Å². The fraction of sp³-hybridized carbons (Fsp3) is 0.667. The van der Waals surface area contributed by atoms with Crippen LogP contribution in [0.4, 0.5) is 0 Å². The Kier molecular flexibility index (Phi) is 6.69.